The lowest BCUT2D eigenvalue weighted by Crippen LogP contribution is -2.07. The molecule has 2 heterocycles. The summed E-state index contributed by atoms with van der Waals surface area (Å²) in [5.74, 6) is 1.93. The van der Waals surface area contributed by atoms with Crippen molar-refractivity contribution in [3.63, 3.8) is 0 Å². The van der Waals surface area contributed by atoms with Crippen molar-refractivity contribution in [3.8, 4) is 5.75 Å². The van der Waals surface area contributed by atoms with Crippen LogP contribution in [0.3, 0.4) is 0 Å². The fraction of sp³-hybridized carbons (Fsp3) is 0.100. The number of hydrogen-bond acceptors (Lipinski definition) is 3. The SMILES string of the molecule is C/C=C1/Oc2cc3ncsc3cc21. The second-order valence-electron chi connectivity index (χ2n) is 2.92. The Kier molecular flexibility index (Phi) is 1.27. The first-order valence-electron chi connectivity index (χ1n) is 4.10. The highest BCUT2D eigenvalue weighted by Crippen LogP contribution is 2.41. The van der Waals surface area contributed by atoms with Gasteiger partial charge in [0, 0.05) is 6.07 Å². The van der Waals surface area contributed by atoms with Crippen LogP contribution in [0.2, 0.25) is 0 Å². The van der Waals surface area contributed by atoms with Crippen molar-refractivity contribution in [3.05, 3.63) is 29.3 Å². The van der Waals surface area contributed by atoms with Gasteiger partial charge in [0.2, 0.25) is 0 Å². The van der Waals surface area contributed by atoms with Gasteiger partial charge in [0.25, 0.3) is 0 Å². The molecule has 3 rings (SSSR count). The summed E-state index contributed by atoms with van der Waals surface area (Å²) in [6, 6.07) is 4.13. The summed E-state index contributed by atoms with van der Waals surface area (Å²) in [7, 11) is 0. The predicted molar refractivity (Wildman–Crippen MR) is 53.9 cm³/mol. The van der Waals surface area contributed by atoms with Gasteiger partial charge in [0.05, 0.1) is 21.3 Å². The van der Waals surface area contributed by atoms with E-state index >= 15 is 0 Å². The molecule has 0 aliphatic carbocycles. The maximum absolute atomic E-state index is 5.44. The predicted octanol–water partition coefficient (Wildman–Crippen LogP) is 3.05. The van der Waals surface area contributed by atoms with Gasteiger partial charge in [-0.2, -0.15) is 0 Å². The molecule has 1 aromatic carbocycles. The van der Waals surface area contributed by atoms with Gasteiger partial charge in [-0.3, -0.25) is 0 Å². The van der Waals surface area contributed by atoms with Gasteiger partial charge in [-0.15, -0.1) is 11.3 Å². The summed E-state index contributed by atoms with van der Waals surface area (Å²) in [6.07, 6.45) is 1.98. The van der Waals surface area contributed by atoms with Gasteiger partial charge >= 0.3 is 0 Å². The molecule has 64 valence electrons. The van der Waals surface area contributed by atoms with E-state index in [-0.39, 0.29) is 0 Å². The van der Waals surface area contributed by atoms with Crippen molar-refractivity contribution < 1.29 is 4.74 Å². The zero-order chi connectivity index (χ0) is 8.84. The first kappa shape index (κ1) is 7.09. The Morgan fingerprint density at radius 3 is 3.23 bits per heavy atom. The summed E-state index contributed by atoms with van der Waals surface area (Å²) in [6.45, 7) is 1.98. The molecule has 0 bridgehead atoms. The molecule has 2 nitrogen and oxygen atoms in total. The molecule has 1 aromatic heterocycles. The topological polar surface area (TPSA) is 22.1 Å². The summed E-state index contributed by atoms with van der Waals surface area (Å²) >= 11 is 1.66. The molecule has 0 atom stereocenters. The Morgan fingerprint density at radius 1 is 1.46 bits per heavy atom. The van der Waals surface area contributed by atoms with Crippen LogP contribution in [0, 0.1) is 0 Å². The lowest BCUT2D eigenvalue weighted by molar-refractivity contribution is 0.466. The monoisotopic (exact) mass is 189 g/mol. The van der Waals surface area contributed by atoms with E-state index in [1.807, 2.05) is 24.6 Å². The number of aromatic nitrogens is 1. The van der Waals surface area contributed by atoms with Crippen LogP contribution >= 0.6 is 11.3 Å². The number of fused-ring (bicyclic) bond motifs is 2. The first-order valence-corrected chi connectivity index (χ1v) is 4.98. The van der Waals surface area contributed by atoms with Crippen LogP contribution in [-0.2, 0) is 0 Å². The van der Waals surface area contributed by atoms with E-state index in [1.165, 1.54) is 10.3 Å². The lowest BCUT2D eigenvalue weighted by Gasteiger charge is -2.22. The van der Waals surface area contributed by atoms with Gasteiger partial charge in [0.1, 0.15) is 11.5 Å². The average Bonchev–Trinajstić information content (AvgIpc) is 2.55. The number of ether oxygens (including phenoxy) is 1. The third-order valence-corrected chi connectivity index (χ3v) is 2.97. The van der Waals surface area contributed by atoms with Crippen LogP contribution in [0.15, 0.2) is 23.7 Å². The third-order valence-electron chi connectivity index (χ3n) is 2.18. The second kappa shape index (κ2) is 2.33. The van der Waals surface area contributed by atoms with Gasteiger partial charge in [-0.1, -0.05) is 0 Å². The fourth-order valence-corrected chi connectivity index (χ4v) is 2.20. The second-order valence-corrected chi connectivity index (χ2v) is 3.81. The molecular weight excluding hydrogens is 182 g/mol. The van der Waals surface area contributed by atoms with Crippen LogP contribution < -0.4 is 4.74 Å². The number of hydrogen-bond donors (Lipinski definition) is 0. The molecular formula is C10H7NOS. The van der Waals surface area contributed by atoms with Crippen molar-refractivity contribution in [1.29, 1.82) is 0 Å². The minimum Gasteiger partial charge on any atom is -0.456 e. The molecule has 13 heavy (non-hydrogen) atoms. The molecule has 3 heteroatoms. The van der Waals surface area contributed by atoms with Gasteiger partial charge in [-0.25, -0.2) is 4.98 Å². The standard InChI is InChI=1S/C10H7NOS/c1-2-8-6-3-10-7(11-5-13-10)4-9(6)12-8/h2-5H,1H3/b8-2+. The van der Waals surface area contributed by atoms with Crippen LogP contribution in [0.5, 0.6) is 5.75 Å². The fourth-order valence-electron chi connectivity index (χ4n) is 1.50. The van der Waals surface area contributed by atoms with E-state index in [4.69, 9.17) is 4.74 Å². The van der Waals surface area contributed by atoms with E-state index in [0.717, 1.165) is 17.0 Å². The van der Waals surface area contributed by atoms with Crippen molar-refractivity contribution in [2.24, 2.45) is 0 Å². The molecule has 0 saturated heterocycles. The normalized spacial score (nSPS) is 16.8. The van der Waals surface area contributed by atoms with Gasteiger partial charge in [-0.05, 0) is 19.1 Å². The van der Waals surface area contributed by atoms with E-state index in [9.17, 15) is 0 Å². The lowest BCUT2D eigenvalue weighted by atomic mass is 10.1. The van der Waals surface area contributed by atoms with Gasteiger partial charge in [0.15, 0.2) is 0 Å². The van der Waals surface area contributed by atoms with Crippen molar-refractivity contribution >= 4 is 27.3 Å². The summed E-state index contributed by atoms with van der Waals surface area (Å²) in [5.41, 5.74) is 4.09. The number of nitrogens with zero attached hydrogens (tertiary/aromatic N) is 1. The van der Waals surface area contributed by atoms with Crippen LogP contribution in [-0.4, -0.2) is 4.98 Å². The number of thiazole rings is 1. The molecule has 1 aliphatic rings. The molecule has 0 fully saturated rings. The minimum atomic E-state index is 0.950. The summed E-state index contributed by atoms with van der Waals surface area (Å²) in [5, 5.41) is 0. The van der Waals surface area contributed by atoms with Gasteiger partial charge < -0.3 is 4.74 Å². The Labute approximate surface area is 79.5 Å². The summed E-state index contributed by atoms with van der Waals surface area (Å²) in [4.78, 5) is 4.22. The van der Waals surface area contributed by atoms with E-state index in [2.05, 4.69) is 11.1 Å². The van der Waals surface area contributed by atoms with E-state index in [0.29, 0.717) is 0 Å². The third kappa shape index (κ3) is 0.848. The van der Waals surface area contributed by atoms with E-state index in [1.54, 1.807) is 11.3 Å². The Bertz CT molecular complexity index is 513. The highest BCUT2D eigenvalue weighted by molar-refractivity contribution is 7.16. The maximum Gasteiger partial charge on any atom is 0.140 e. The molecule has 1 aliphatic heterocycles. The van der Waals surface area contributed by atoms with Crippen molar-refractivity contribution in [2.75, 3.05) is 0 Å². The molecule has 0 N–H and O–H groups in total. The van der Waals surface area contributed by atoms with Crippen molar-refractivity contribution in [2.45, 2.75) is 6.92 Å². The van der Waals surface area contributed by atoms with Crippen LogP contribution in [0.1, 0.15) is 12.5 Å². The zero-order valence-electron chi connectivity index (χ0n) is 7.07. The molecule has 0 amide bonds. The van der Waals surface area contributed by atoms with E-state index < -0.39 is 0 Å². The first-order chi connectivity index (χ1) is 6.38. The smallest absolute Gasteiger partial charge is 0.140 e. The highest BCUT2D eigenvalue weighted by Gasteiger charge is 2.22. The molecule has 0 saturated carbocycles. The Balaban J connectivity index is 2.33. The Hall–Kier alpha value is -1.35. The Morgan fingerprint density at radius 2 is 2.38 bits per heavy atom. The van der Waals surface area contributed by atoms with Crippen LogP contribution in [0.4, 0.5) is 0 Å². The number of allylic oxidation sites excluding steroid dienone is 1. The zero-order valence-corrected chi connectivity index (χ0v) is 7.89. The quantitative estimate of drug-likeness (QED) is 0.635. The minimum absolute atomic E-state index is 0.950. The average molecular weight is 189 g/mol. The number of benzene rings is 1. The molecule has 2 aromatic rings. The number of rotatable bonds is 0. The van der Waals surface area contributed by atoms with Crippen molar-refractivity contribution in [1.82, 2.24) is 4.98 Å². The molecule has 0 unspecified atom stereocenters. The largest absolute Gasteiger partial charge is 0.456 e. The summed E-state index contributed by atoms with van der Waals surface area (Å²) < 4.78 is 6.66. The molecule has 0 spiro atoms. The molecule has 0 radical (unpaired) electrons. The maximum atomic E-state index is 5.44. The highest BCUT2D eigenvalue weighted by atomic mass is 32.1. The van der Waals surface area contributed by atoms with Crippen LogP contribution in [0.25, 0.3) is 16.0 Å².